The molecule has 0 unspecified atom stereocenters. The van der Waals surface area contributed by atoms with Crippen LogP contribution in [0.3, 0.4) is 0 Å². The maximum Gasteiger partial charge on any atom is 0.410 e. The zero-order valence-corrected chi connectivity index (χ0v) is 19.6. The van der Waals surface area contributed by atoms with Gasteiger partial charge in [0.25, 0.3) is 0 Å². The fraction of sp³-hybridized carbons (Fsp3) is 0.538. The van der Waals surface area contributed by atoms with Crippen molar-refractivity contribution in [1.29, 1.82) is 0 Å². The van der Waals surface area contributed by atoms with Gasteiger partial charge in [0.1, 0.15) is 23.7 Å². The second-order valence-corrected chi connectivity index (χ2v) is 10.8. The Kier molecular flexibility index (Phi) is 5.47. The fourth-order valence-corrected chi connectivity index (χ4v) is 5.16. The second kappa shape index (κ2) is 8.20. The lowest BCUT2D eigenvalue weighted by molar-refractivity contribution is -0.117. The standard InChI is InChI=1S/C26H32N2O5/c1-25(2,3)33-24(30)28-16-26(17-28)11-21(12-26)32-23-15-31-20(10-22(23)29)14-27-9-8-18-6-4-5-7-19(18)13-27/h4-7,10,15,21H,8-9,11-14,16-17H2,1-3H3. The first-order chi connectivity index (χ1) is 15.7. The molecule has 1 spiro atoms. The van der Waals surface area contributed by atoms with Crippen LogP contribution in [-0.2, 0) is 24.2 Å². The molecule has 0 bridgehead atoms. The average Bonchev–Trinajstić information content (AvgIpc) is 2.68. The number of carbonyl (C=O) groups excluding carboxylic acids is 1. The quantitative estimate of drug-likeness (QED) is 0.699. The molecule has 1 aromatic carbocycles. The van der Waals surface area contributed by atoms with Gasteiger partial charge in [0.05, 0.1) is 6.54 Å². The number of nitrogens with zero attached hydrogens (tertiary/aromatic N) is 2. The van der Waals surface area contributed by atoms with Crippen molar-refractivity contribution in [2.75, 3.05) is 19.6 Å². The van der Waals surface area contributed by atoms with Gasteiger partial charge in [-0.3, -0.25) is 9.69 Å². The first kappa shape index (κ1) is 22.0. The minimum Gasteiger partial charge on any atom is -0.483 e. The number of fused-ring (bicyclic) bond motifs is 1. The van der Waals surface area contributed by atoms with Crippen LogP contribution in [0.1, 0.15) is 50.5 Å². The molecule has 2 aliphatic heterocycles. The van der Waals surface area contributed by atoms with Crippen LogP contribution < -0.4 is 10.2 Å². The Morgan fingerprint density at radius 2 is 1.91 bits per heavy atom. The molecule has 0 radical (unpaired) electrons. The van der Waals surface area contributed by atoms with Gasteiger partial charge in [-0.1, -0.05) is 24.3 Å². The van der Waals surface area contributed by atoms with Crippen molar-refractivity contribution < 1.29 is 18.7 Å². The minimum absolute atomic E-state index is 0.0156. The van der Waals surface area contributed by atoms with Crippen molar-refractivity contribution in [2.24, 2.45) is 5.41 Å². The fourth-order valence-electron chi connectivity index (χ4n) is 5.16. The number of ether oxygens (including phenoxy) is 2. The Bertz CT molecular complexity index is 1090. The Morgan fingerprint density at radius 3 is 2.61 bits per heavy atom. The van der Waals surface area contributed by atoms with E-state index in [1.807, 2.05) is 20.8 Å². The minimum atomic E-state index is -0.482. The lowest BCUT2D eigenvalue weighted by Gasteiger charge is -2.57. The zero-order valence-electron chi connectivity index (χ0n) is 19.6. The van der Waals surface area contributed by atoms with E-state index in [2.05, 4.69) is 29.2 Å². The number of hydrogen-bond acceptors (Lipinski definition) is 6. The molecular formula is C26H32N2O5. The summed E-state index contributed by atoms with van der Waals surface area (Å²) in [4.78, 5) is 28.8. The predicted octanol–water partition coefficient (Wildman–Crippen LogP) is 3.98. The number of amides is 1. The molecule has 3 heterocycles. The van der Waals surface area contributed by atoms with Gasteiger partial charge in [0.15, 0.2) is 0 Å². The summed E-state index contributed by atoms with van der Waals surface area (Å²) in [5, 5.41) is 0. The molecule has 176 valence electrons. The second-order valence-electron chi connectivity index (χ2n) is 10.8. The van der Waals surface area contributed by atoms with Crippen molar-refractivity contribution >= 4 is 6.09 Å². The highest BCUT2D eigenvalue weighted by Crippen LogP contribution is 2.49. The van der Waals surface area contributed by atoms with Crippen molar-refractivity contribution in [3.8, 4) is 5.75 Å². The molecule has 5 rings (SSSR count). The van der Waals surface area contributed by atoms with E-state index in [9.17, 15) is 9.59 Å². The molecule has 7 nitrogen and oxygen atoms in total. The molecule has 1 amide bonds. The molecule has 1 saturated carbocycles. The van der Waals surface area contributed by atoms with Crippen molar-refractivity contribution in [1.82, 2.24) is 9.80 Å². The van der Waals surface area contributed by atoms with Gasteiger partial charge in [0, 0.05) is 37.7 Å². The van der Waals surface area contributed by atoms with E-state index in [0.717, 1.165) is 32.4 Å². The Morgan fingerprint density at radius 1 is 1.18 bits per heavy atom. The van der Waals surface area contributed by atoms with E-state index >= 15 is 0 Å². The van der Waals surface area contributed by atoms with Crippen molar-refractivity contribution in [3.05, 3.63) is 63.7 Å². The monoisotopic (exact) mass is 452 g/mol. The summed E-state index contributed by atoms with van der Waals surface area (Å²) in [6.07, 6.45) is 3.86. The molecule has 2 fully saturated rings. The van der Waals surface area contributed by atoms with Gasteiger partial charge in [0.2, 0.25) is 11.2 Å². The molecule has 0 N–H and O–H groups in total. The topological polar surface area (TPSA) is 72.2 Å². The maximum absolute atomic E-state index is 12.6. The van der Waals surface area contributed by atoms with Gasteiger partial charge < -0.3 is 18.8 Å². The van der Waals surface area contributed by atoms with Gasteiger partial charge in [-0.05, 0) is 51.2 Å². The summed E-state index contributed by atoms with van der Waals surface area (Å²) >= 11 is 0. The first-order valence-corrected chi connectivity index (χ1v) is 11.7. The summed E-state index contributed by atoms with van der Waals surface area (Å²) in [6, 6.07) is 10.0. The smallest absolute Gasteiger partial charge is 0.410 e. The van der Waals surface area contributed by atoms with Crippen LogP contribution in [0.2, 0.25) is 0 Å². The van der Waals surface area contributed by atoms with E-state index < -0.39 is 5.60 Å². The van der Waals surface area contributed by atoms with Gasteiger partial charge >= 0.3 is 6.09 Å². The van der Waals surface area contributed by atoms with E-state index in [1.165, 1.54) is 17.4 Å². The number of benzene rings is 1. The third-order valence-electron chi connectivity index (χ3n) is 6.76. The number of likely N-dealkylation sites (tertiary alicyclic amines) is 1. The summed E-state index contributed by atoms with van der Waals surface area (Å²) in [5.74, 6) is 0.926. The van der Waals surface area contributed by atoms with Crippen LogP contribution >= 0.6 is 0 Å². The Labute approximate surface area is 194 Å². The molecule has 7 heteroatoms. The normalized spacial score (nSPS) is 20.0. The summed E-state index contributed by atoms with van der Waals surface area (Å²) in [7, 11) is 0. The van der Waals surface area contributed by atoms with Gasteiger partial charge in [-0.15, -0.1) is 0 Å². The van der Waals surface area contributed by atoms with E-state index in [4.69, 9.17) is 13.9 Å². The summed E-state index contributed by atoms with van der Waals surface area (Å²) < 4.78 is 17.1. The van der Waals surface area contributed by atoms with Crippen LogP contribution in [0.5, 0.6) is 5.75 Å². The molecule has 0 atom stereocenters. The lowest BCUT2D eigenvalue weighted by Crippen LogP contribution is -2.66. The van der Waals surface area contributed by atoms with E-state index in [-0.39, 0.29) is 28.8 Å². The van der Waals surface area contributed by atoms with Crippen LogP contribution in [0.25, 0.3) is 0 Å². The van der Waals surface area contributed by atoms with Crippen molar-refractivity contribution in [2.45, 2.75) is 64.8 Å². The Hall–Kier alpha value is -2.80. The van der Waals surface area contributed by atoms with E-state index in [0.29, 0.717) is 25.4 Å². The SMILES string of the molecule is CC(C)(C)OC(=O)N1CC2(CC(Oc3coc(CN4CCc5ccccc5C4)cc3=O)C2)C1. The third-order valence-corrected chi connectivity index (χ3v) is 6.76. The lowest BCUT2D eigenvalue weighted by atomic mass is 9.62. The largest absolute Gasteiger partial charge is 0.483 e. The third kappa shape index (κ3) is 4.78. The molecule has 33 heavy (non-hydrogen) atoms. The predicted molar refractivity (Wildman–Crippen MR) is 123 cm³/mol. The van der Waals surface area contributed by atoms with Crippen molar-refractivity contribution in [3.63, 3.8) is 0 Å². The molecular weight excluding hydrogens is 420 g/mol. The van der Waals surface area contributed by atoms with Crippen LogP contribution in [0, 0.1) is 5.41 Å². The molecule has 1 aromatic heterocycles. The van der Waals surface area contributed by atoms with E-state index in [1.54, 1.807) is 11.0 Å². The van der Waals surface area contributed by atoms with Gasteiger partial charge in [-0.2, -0.15) is 0 Å². The number of rotatable bonds is 4. The zero-order chi connectivity index (χ0) is 23.2. The summed E-state index contributed by atoms with van der Waals surface area (Å²) in [6.45, 7) is 9.41. The Balaban J connectivity index is 1.10. The highest BCUT2D eigenvalue weighted by Gasteiger charge is 2.55. The summed E-state index contributed by atoms with van der Waals surface area (Å²) in [5.41, 5.74) is 2.22. The molecule has 3 aliphatic rings. The number of carbonyl (C=O) groups is 1. The molecule has 1 aliphatic carbocycles. The molecule has 2 aromatic rings. The highest BCUT2D eigenvalue weighted by molar-refractivity contribution is 5.69. The average molecular weight is 453 g/mol. The van der Waals surface area contributed by atoms with Crippen LogP contribution in [-0.4, -0.2) is 47.2 Å². The highest BCUT2D eigenvalue weighted by atomic mass is 16.6. The van der Waals surface area contributed by atoms with Crippen LogP contribution in [0.4, 0.5) is 4.79 Å². The first-order valence-electron chi connectivity index (χ1n) is 11.7. The van der Waals surface area contributed by atoms with Gasteiger partial charge in [-0.25, -0.2) is 4.79 Å². The number of hydrogen-bond donors (Lipinski definition) is 0. The maximum atomic E-state index is 12.6. The van der Waals surface area contributed by atoms with Crippen LogP contribution in [0.15, 0.2) is 45.8 Å². The molecule has 1 saturated heterocycles.